The van der Waals surface area contributed by atoms with Crippen LogP contribution in [0.1, 0.15) is 83.5 Å². The summed E-state index contributed by atoms with van der Waals surface area (Å²) >= 11 is 3.53. The Morgan fingerprint density at radius 2 is 0.657 bits per heavy atom. The predicted molar refractivity (Wildman–Crippen MR) is 164 cm³/mol. The fourth-order valence-corrected chi connectivity index (χ4v) is 10.1. The molecule has 0 saturated heterocycles. The zero-order valence-corrected chi connectivity index (χ0v) is 24.1. The summed E-state index contributed by atoms with van der Waals surface area (Å²) in [5, 5.41) is 5.72. The van der Waals surface area contributed by atoms with E-state index in [1.54, 1.807) is 0 Å². The van der Waals surface area contributed by atoms with Crippen LogP contribution in [0.3, 0.4) is 0 Å². The van der Waals surface area contributed by atoms with Crippen molar-refractivity contribution in [2.75, 3.05) is 11.5 Å². The highest BCUT2D eigenvalue weighted by Gasteiger charge is 2.44. The molecule has 0 nitrogen and oxygen atoms in total. The Kier molecular flexibility index (Phi) is 13.8. The van der Waals surface area contributed by atoms with Crippen molar-refractivity contribution < 1.29 is 0 Å². The van der Waals surface area contributed by atoms with Crippen LogP contribution in [-0.2, 0) is 0 Å². The van der Waals surface area contributed by atoms with Crippen LogP contribution in [0.4, 0.5) is 0 Å². The molecule has 0 amide bonds. The van der Waals surface area contributed by atoms with Gasteiger partial charge in [-0.25, -0.2) is 0 Å². The van der Waals surface area contributed by atoms with E-state index in [0.717, 1.165) is 0 Å². The van der Waals surface area contributed by atoms with Crippen LogP contribution >= 0.6 is 23.2 Å². The highest BCUT2D eigenvalue weighted by atomic mass is 79.9. The smallest absolute Gasteiger partial charge is 0.0928 e. The minimum atomic E-state index is -1.64. The van der Waals surface area contributed by atoms with E-state index in [1.165, 1.54) is 111 Å². The molecule has 0 aliphatic rings. The van der Waals surface area contributed by atoms with E-state index in [-0.39, 0.29) is 0 Å². The van der Waals surface area contributed by atoms with Crippen LogP contribution < -0.4 is 15.9 Å². The fourth-order valence-electron chi connectivity index (χ4n) is 5.27. The van der Waals surface area contributed by atoms with Crippen molar-refractivity contribution in [3.05, 3.63) is 91.0 Å². The summed E-state index contributed by atoms with van der Waals surface area (Å²) in [5.41, 5.74) is 0. The normalized spacial score (nSPS) is 11.6. The van der Waals surface area contributed by atoms with E-state index in [1.807, 2.05) is 0 Å². The Labute approximate surface area is 224 Å². The number of hydrogen-bond donors (Lipinski definition) is 0. The van der Waals surface area contributed by atoms with E-state index in [2.05, 4.69) is 107 Å². The molecule has 2 heteroatoms. The summed E-state index contributed by atoms with van der Waals surface area (Å²) in [7, 11) is -1.64. The van der Waals surface area contributed by atoms with E-state index in [4.69, 9.17) is 0 Å². The maximum absolute atomic E-state index is 3.53. The molecule has 0 heterocycles. The van der Waals surface area contributed by atoms with Gasteiger partial charge in [0.05, 0.1) is 6.16 Å². The minimum absolute atomic E-state index is 1.17. The SMILES string of the molecule is BrCCCCCCCCCCCCCCC[P+](c1ccccc1)(c1ccccc1)c1ccccc1. The summed E-state index contributed by atoms with van der Waals surface area (Å²) in [6, 6.07) is 34.0. The topological polar surface area (TPSA) is 0 Å². The first kappa shape index (κ1) is 28.1. The monoisotopic (exact) mass is 551 g/mol. The van der Waals surface area contributed by atoms with Crippen LogP contribution in [0.5, 0.6) is 0 Å². The minimum Gasteiger partial charge on any atom is -0.0928 e. The standard InChI is InChI=1S/C33H45BrP/c34-29-21-10-8-6-4-2-1-3-5-7-9-11-22-30-35(31-23-15-12-16-24-31,32-25-17-13-18-26-32)33-27-19-14-20-28-33/h12-20,23-28H,1-11,21-22,29-30H2/q+1. The zero-order chi connectivity index (χ0) is 24.4. The maximum atomic E-state index is 3.53. The first-order chi connectivity index (χ1) is 17.4. The summed E-state index contributed by atoms with van der Waals surface area (Å²) in [6.45, 7) is 0. The van der Waals surface area contributed by atoms with E-state index >= 15 is 0 Å². The third-order valence-corrected chi connectivity index (χ3v) is 12.3. The average Bonchev–Trinajstić information content (AvgIpc) is 2.93. The Morgan fingerprint density at radius 1 is 0.371 bits per heavy atom. The molecule has 0 aliphatic carbocycles. The highest BCUT2D eigenvalue weighted by molar-refractivity contribution is 9.09. The Morgan fingerprint density at radius 3 is 0.971 bits per heavy atom. The Balaban J connectivity index is 1.49. The number of alkyl halides is 1. The van der Waals surface area contributed by atoms with Crippen molar-refractivity contribution in [1.29, 1.82) is 0 Å². The molecule has 0 atom stereocenters. The molecule has 3 rings (SSSR count). The van der Waals surface area contributed by atoms with Crippen LogP contribution in [0.2, 0.25) is 0 Å². The molecule has 0 aliphatic heterocycles. The summed E-state index contributed by atoms with van der Waals surface area (Å²) < 4.78 is 0. The van der Waals surface area contributed by atoms with Crippen molar-refractivity contribution in [3.63, 3.8) is 0 Å². The van der Waals surface area contributed by atoms with Gasteiger partial charge in [0.1, 0.15) is 23.2 Å². The van der Waals surface area contributed by atoms with Crippen molar-refractivity contribution >= 4 is 39.1 Å². The molecule has 0 N–H and O–H groups in total. The molecule has 0 unspecified atom stereocenters. The van der Waals surface area contributed by atoms with Gasteiger partial charge >= 0.3 is 0 Å². The molecule has 35 heavy (non-hydrogen) atoms. The molecule has 3 aromatic rings. The van der Waals surface area contributed by atoms with Crippen LogP contribution in [0.15, 0.2) is 91.0 Å². The summed E-state index contributed by atoms with van der Waals surface area (Å²) in [4.78, 5) is 0. The van der Waals surface area contributed by atoms with Gasteiger partial charge in [-0.3, -0.25) is 0 Å². The van der Waals surface area contributed by atoms with Crippen LogP contribution in [0.25, 0.3) is 0 Å². The van der Waals surface area contributed by atoms with E-state index < -0.39 is 7.26 Å². The summed E-state index contributed by atoms with van der Waals surface area (Å²) in [6.07, 6.45) is 19.4. The number of unbranched alkanes of at least 4 members (excludes halogenated alkanes) is 12. The predicted octanol–water partition coefficient (Wildman–Crippen LogP) is 9.45. The lowest BCUT2D eigenvalue weighted by Gasteiger charge is -2.27. The zero-order valence-electron chi connectivity index (χ0n) is 21.6. The third kappa shape index (κ3) is 9.18. The number of benzene rings is 3. The Bertz CT molecular complexity index is 797. The number of halogens is 1. The van der Waals surface area contributed by atoms with Gasteiger partial charge in [0.15, 0.2) is 0 Å². The summed E-state index contributed by atoms with van der Waals surface area (Å²) in [5.74, 6) is 0. The van der Waals surface area contributed by atoms with E-state index in [9.17, 15) is 0 Å². The second-order valence-electron chi connectivity index (χ2n) is 9.83. The van der Waals surface area contributed by atoms with Crippen LogP contribution in [-0.4, -0.2) is 11.5 Å². The van der Waals surface area contributed by atoms with Gasteiger partial charge in [0.2, 0.25) is 0 Å². The third-order valence-electron chi connectivity index (χ3n) is 7.22. The first-order valence-corrected chi connectivity index (χ1v) is 17.1. The quantitative estimate of drug-likeness (QED) is 0.0838. The van der Waals surface area contributed by atoms with Crippen molar-refractivity contribution in [1.82, 2.24) is 0 Å². The van der Waals surface area contributed by atoms with Gasteiger partial charge < -0.3 is 0 Å². The average molecular weight is 553 g/mol. The lowest BCUT2D eigenvalue weighted by atomic mass is 10.1. The molecule has 0 aromatic heterocycles. The number of rotatable bonds is 18. The van der Waals surface area contributed by atoms with Gasteiger partial charge in [0.25, 0.3) is 0 Å². The largest absolute Gasteiger partial charge is 0.112 e. The lowest BCUT2D eigenvalue weighted by Crippen LogP contribution is -2.33. The molecule has 0 fully saturated rings. The molecule has 0 bridgehead atoms. The van der Waals surface area contributed by atoms with Gasteiger partial charge in [-0.15, -0.1) is 0 Å². The first-order valence-electron chi connectivity index (χ1n) is 14.0. The molecular formula is C33H45BrP+. The molecule has 3 aromatic carbocycles. The van der Waals surface area contributed by atoms with Crippen LogP contribution in [0, 0.1) is 0 Å². The highest BCUT2D eigenvalue weighted by Crippen LogP contribution is 2.56. The molecule has 0 spiro atoms. The second-order valence-corrected chi connectivity index (χ2v) is 14.2. The molecule has 0 saturated carbocycles. The lowest BCUT2D eigenvalue weighted by molar-refractivity contribution is 0.543. The van der Waals surface area contributed by atoms with Gasteiger partial charge in [-0.05, 0) is 55.7 Å². The van der Waals surface area contributed by atoms with Crippen molar-refractivity contribution in [3.8, 4) is 0 Å². The molecule has 0 radical (unpaired) electrons. The van der Waals surface area contributed by atoms with Crippen molar-refractivity contribution in [2.45, 2.75) is 83.5 Å². The fraction of sp³-hybridized carbons (Fsp3) is 0.455. The maximum Gasteiger partial charge on any atom is 0.112 e. The van der Waals surface area contributed by atoms with Gasteiger partial charge in [0, 0.05) is 5.33 Å². The van der Waals surface area contributed by atoms with Crippen molar-refractivity contribution in [2.24, 2.45) is 0 Å². The Hall–Kier alpha value is -1.43. The molecule has 188 valence electrons. The van der Waals surface area contributed by atoms with Gasteiger partial charge in [-0.1, -0.05) is 135 Å². The second kappa shape index (κ2) is 17.1. The van der Waals surface area contributed by atoms with E-state index in [0.29, 0.717) is 0 Å². The molecular weight excluding hydrogens is 507 g/mol. The number of hydrogen-bond acceptors (Lipinski definition) is 0. The van der Waals surface area contributed by atoms with Gasteiger partial charge in [-0.2, -0.15) is 0 Å².